The second-order valence-corrected chi connectivity index (χ2v) is 7.30. The molecule has 1 aromatic carbocycles. The monoisotopic (exact) mass is 393 g/mol. The maximum Gasteiger partial charge on any atom is 0.285 e. The molecule has 0 unspecified atom stereocenters. The first-order valence-corrected chi connectivity index (χ1v) is 9.31. The van der Waals surface area contributed by atoms with Crippen LogP contribution in [-0.4, -0.2) is 32.9 Å². The van der Waals surface area contributed by atoms with Gasteiger partial charge in [-0.15, -0.1) is 0 Å². The highest BCUT2D eigenvalue weighted by Crippen LogP contribution is 2.28. The molecule has 2 aromatic rings. The highest BCUT2D eigenvalue weighted by molar-refractivity contribution is 7.97. The van der Waals surface area contributed by atoms with Gasteiger partial charge in [0.25, 0.3) is 11.7 Å². The molecule has 3 heterocycles. The molecule has 2 N–H and O–H groups in total. The number of anilines is 1. The van der Waals surface area contributed by atoms with Crippen molar-refractivity contribution < 1.29 is 9.90 Å². The van der Waals surface area contributed by atoms with E-state index in [1.807, 2.05) is 54.6 Å². The minimum Gasteiger partial charge on any atom is -0.545 e. The topological polar surface area (TPSA) is 102 Å². The van der Waals surface area contributed by atoms with E-state index >= 15 is 0 Å². The van der Waals surface area contributed by atoms with Crippen LogP contribution >= 0.6 is 11.9 Å². The Balaban J connectivity index is 1.50. The lowest BCUT2D eigenvalue weighted by Crippen LogP contribution is -2.42. The van der Waals surface area contributed by atoms with Crippen LogP contribution in [0.15, 0.2) is 70.7 Å². The van der Waals surface area contributed by atoms with Gasteiger partial charge in [0, 0.05) is 16.7 Å². The van der Waals surface area contributed by atoms with Crippen LogP contribution in [0.1, 0.15) is 11.3 Å². The SMILES string of the molecule is Cc1cc(NC2=CN(Sc3ccc(C=CC(=O)[O-])cc3)CC3=NC=C[N+]23)n[nH]1. The average Bonchev–Trinajstić information content (AvgIpc) is 3.30. The molecule has 0 bridgehead atoms. The molecule has 1 aromatic heterocycles. The third-order valence-electron chi connectivity index (χ3n) is 4.02. The number of aliphatic carboxylic acids is 1. The van der Waals surface area contributed by atoms with Gasteiger partial charge in [0.05, 0.1) is 18.4 Å². The molecule has 2 aliphatic heterocycles. The summed E-state index contributed by atoms with van der Waals surface area (Å²) in [5.74, 6) is 1.29. The fourth-order valence-corrected chi connectivity index (χ4v) is 3.62. The smallest absolute Gasteiger partial charge is 0.285 e. The first kappa shape index (κ1) is 18.1. The lowest BCUT2D eigenvalue weighted by atomic mass is 10.2. The van der Waals surface area contributed by atoms with Crippen LogP contribution in [0.2, 0.25) is 0 Å². The van der Waals surface area contributed by atoms with E-state index in [-0.39, 0.29) is 0 Å². The third kappa shape index (κ3) is 4.16. The van der Waals surface area contributed by atoms with Gasteiger partial charge in [-0.3, -0.25) is 14.7 Å². The van der Waals surface area contributed by atoms with E-state index < -0.39 is 5.97 Å². The van der Waals surface area contributed by atoms with Crippen LogP contribution in [0.4, 0.5) is 5.82 Å². The molecule has 0 saturated heterocycles. The molecule has 0 fully saturated rings. The number of aryl methyl sites for hydroxylation is 1. The van der Waals surface area contributed by atoms with E-state index in [0.717, 1.165) is 39.7 Å². The summed E-state index contributed by atoms with van der Waals surface area (Å²) in [6, 6.07) is 9.55. The number of carboxylic acid groups (broad SMARTS) is 1. The molecule has 28 heavy (non-hydrogen) atoms. The van der Waals surface area contributed by atoms with Crippen molar-refractivity contribution in [3.8, 4) is 0 Å². The number of fused-ring (bicyclic) bond motifs is 1. The number of aromatic nitrogens is 2. The number of carbonyl (C=O) groups excluding carboxylic acids is 1. The predicted octanol–water partition coefficient (Wildman–Crippen LogP) is 1.74. The van der Waals surface area contributed by atoms with Gasteiger partial charge in [-0.2, -0.15) is 10.1 Å². The number of nitrogens with one attached hydrogen (secondary N) is 2. The number of carboxylic acids is 1. The molecule has 2 aliphatic rings. The van der Waals surface area contributed by atoms with Crippen molar-refractivity contribution in [1.29, 1.82) is 0 Å². The number of aromatic amines is 1. The van der Waals surface area contributed by atoms with Crippen molar-refractivity contribution >= 4 is 35.6 Å². The Labute approximate surface area is 166 Å². The van der Waals surface area contributed by atoms with Crippen LogP contribution in [0, 0.1) is 6.92 Å². The van der Waals surface area contributed by atoms with E-state index in [1.54, 1.807) is 18.1 Å². The predicted molar refractivity (Wildman–Crippen MR) is 107 cm³/mol. The van der Waals surface area contributed by atoms with E-state index in [4.69, 9.17) is 0 Å². The fourth-order valence-electron chi connectivity index (χ4n) is 2.76. The Kier molecular flexibility index (Phi) is 5.00. The summed E-state index contributed by atoms with van der Waals surface area (Å²) in [5, 5.41) is 21.0. The second kappa shape index (κ2) is 7.75. The Morgan fingerprint density at radius 2 is 2.21 bits per heavy atom. The Hall–Kier alpha value is -3.30. The van der Waals surface area contributed by atoms with Crippen molar-refractivity contribution in [3.63, 3.8) is 0 Å². The number of carbonyl (C=O) groups is 1. The largest absolute Gasteiger partial charge is 0.545 e. The molecule has 9 heteroatoms. The molecule has 0 aliphatic carbocycles. The molecule has 0 atom stereocenters. The second-order valence-electron chi connectivity index (χ2n) is 6.18. The minimum absolute atomic E-state index is 0.648. The molecule has 0 spiro atoms. The van der Waals surface area contributed by atoms with Crippen molar-refractivity contribution in [3.05, 3.63) is 72.1 Å². The van der Waals surface area contributed by atoms with Crippen LogP contribution in [-0.2, 0) is 4.79 Å². The molecular formula is C19H17N6O2S. The van der Waals surface area contributed by atoms with Crippen molar-refractivity contribution in [1.82, 2.24) is 19.4 Å². The molecular weight excluding hydrogens is 376 g/mol. The number of H-pyrrole nitrogens is 1. The van der Waals surface area contributed by atoms with Crippen molar-refractivity contribution in [2.24, 2.45) is 4.99 Å². The van der Waals surface area contributed by atoms with Crippen LogP contribution in [0.5, 0.6) is 0 Å². The van der Waals surface area contributed by atoms with Gasteiger partial charge in [0.1, 0.15) is 6.54 Å². The molecule has 141 valence electrons. The summed E-state index contributed by atoms with van der Waals surface area (Å²) >= 11 is 1.57. The van der Waals surface area contributed by atoms with Gasteiger partial charge in [-0.05, 0) is 47.5 Å². The van der Waals surface area contributed by atoms with E-state index in [9.17, 15) is 9.90 Å². The number of nitrogens with zero attached hydrogens (tertiary/aromatic N) is 4. The van der Waals surface area contributed by atoms with Gasteiger partial charge in [-0.25, -0.2) is 0 Å². The maximum absolute atomic E-state index is 10.5. The van der Waals surface area contributed by atoms with Crippen LogP contribution in [0.25, 0.3) is 6.08 Å². The normalized spacial score (nSPS) is 16.2. The number of hydrogen-bond acceptors (Lipinski definition) is 8. The lowest BCUT2D eigenvalue weighted by Gasteiger charge is -2.24. The van der Waals surface area contributed by atoms with Crippen molar-refractivity contribution in [2.45, 2.75) is 11.8 Å². The zero-order valence-electron chi connectivity index (χ0n) is 15.0. The summed E-state index contributed by atoms with van der Waals surface area (Å²) in [6.07, 6.45) is 8.22. The Morgan fingerprint density at radius 3 is 2.93 bits per heavy atom. The minimum atomic E-state index is -1.21. The average molecular weight is 393 g/mol. The quantitative estimate of drug-likeness (QED) is 0.440. The summed E-state index contributed by atoms with van der Waals surface area (Å²) < 4.78 is 2.08. The van der Waals surface area contributed by atoms with Gasteiger partial charge in [-0.1, -0.05) is 18.2 Å². The summed E-state index contributed by atoms with van der Waals surface area (Å²) in [5.41, 5.74) is 1.78. The van der Waals surface area contributed by atoms with E-state index in [2.05, 4.69) is 24.8 Å². The Morgan fingerprint density at radius 1 is 1.39 bits per heavy atom. The Bertz CT molecular complexity index is 1010. The number of aliphatic imine (C=N–C) groups is 1. The van der Waals surface area contributed by atoms with Crippen molar-refractivity contribution in [2.75, 3.05) is 11.9 Å². The highest BCUT2D eigenvalue weighted by Gasteiger charge is 2.37. The highest BCUT2D eigenvalue weighted by atomic mass is 32.2. The first-order valence-electron chi connectivity index (χ1n) is 8.54. The molecule has 4 rings (SSSR count). The van der Waals surface area contributed by atoms with E-state index in [1.165, 1.54) is 6.08 Å². The number of benzene rings is 1. The maximum atomic E-state index is 10.5. The van der Waals surface area contributed by atoms with Gasteiger partial charge in [0.15, 0.2) is 12.0 Å². The van der Waals surface area contributed by atoms with Gasteiger partial charge >= 0.3 is 0 Å². The summed E-state index contributed by atoms with van der Waals surface area (Å²) in [7, 11) is 0. The molecule has 8 nitrogen and oxygen atoms in total. The van der Waals surface area contributed by atoms with Crippen LogP contribution in [0.3, 0.4) is 0 Å². The summed E-state index contributed by atoms with van der Waals surface area (Å²) in [6.45, 7) is 2.60. The fraction of sp³-hybridized carbons (Fsp3) is 0.105. The first-order chi connectivity index (χ1) is 13.6. The lowest BCUT2D eigenvalue weighted by molar-refractivity contribution is -0.297. The summed E-state index contributed by atoms with van der Waals surface area (Å²) in [4.78, 5) is 18.0. The van der Waals surface area contributed by atoms with Crippen LogP contribution < -0.4 is 15.3 Å². The zero-order valence-corrected chi connectivity index (χ0v) is 15.8. The molecule has 1 radical (unpaired) electrons. The number of amidine groups is 1. The number of hydrogen-bond donors (Lipinski definition) is 2. The van der Waals surface area contributed by atoms with Gasteiger partial charge in [0.2, 0.25) is 0 Å². The standard InChI is InChI=1S/C19H18N6O2S/c1-13-10-16(23-22-13)21-18-12-24(11-17-20-8-9-25(17)18)28-15-5-2-14(3-6-15)4-7-19(26)27/h2-10,12H,11H2,1H3,(H,26,27)(H2,21,22,23)/q+1/p-1. The third-order valence-corrected chi connectivity index (χ3v) is 4.97. The molecule has 0 saturated carbocycles. The number of rotatable bonds is 6. The van der Waals surface area contributed by atoms with E-state index in [0.29, 0.717) is 6.54 Å². The zero-order chi connectivity index (χ0) is 19.5. The van der Waals surface area contributed by atoms with Gasteiger partial charge < -0.3 is 9.90 Å². The molecule has 0 amide bonds.